The van der Waals surface area contributed by atoms with E-state index in [1.807, 2.05) is 0 Å². The number of anilines is 2. The summed E-state index contributed by atoms with van der Waals surface area (Å²) >= 11 is 0. The minimum absolute atomic E-state index is 0.0122. The number of amides is 8. The van der Waals surface area contributed by atoms with E-state index in [0.29, 0.717) is 32.2 Å². The lowest BCUT2D eigenvalue weighted by molar-refractivity contribution is -0.150. The Morgan fingerprint density at radius 1 is 0.471 bits per heavy atom. The van der Waals surface area contributed by atoms with Crippen molar-refractivity contribution in [3.8, 4) is 0 Å². The highest BCUT2D eigenvalue weighted by molar-refractivity contribution is 5.90. The zero-order chi connectivity index (χ0) is 75.5. The van der Waals surface area contributed by atoms with Crippen molar-refractivity contribution < 1.29 is 47.9 Å². The Morgan fingerprint density at radius 3 is 1.27 bits per heavy atom. The van der Waals surface area contributed by atoms with Gasteiger partial charge in [0.15, 0.2) is 22.3 Å². The topological polar surface area (TPSA) is 447 Å². The second kappa shape index (κ2) is 53.3. The fraction of sp³-hybridized carbons (Fsp3) is 0.740. The Hall–Kier alpha value is -8.51. The summed E-state index contributed by atoms with van der Waals surface area (Å²) < 4.78 is 8.36. The highest BCUT2D eigenvalue weighted by Gasteiger charge is 2.26. The largest absolute Gasteiger partial charge is 0.459 e. The molecule has 0 fully saturated rings. The molecule has 4 aromatic rings. The van der Waals surface area contributed by atoms with E-state index in [0.717, 1.165) is 56.3 Å². The van der Waals surface area contributed by atoms with Crippen molar-refractivity contribution in [2.45, 2.75) is 284 Å². The monoisotopic (exact) mass is 1460 g/mol. The van der Waals surface area contributed by atoms with Gasteiger partial charge in [0.25, 0.3) is 11.1 Å². The number of fused-ring (bicyclic) bond motifs is 2. The van der Waals surface area contributed by atoms with Gasteiger partial charge in [-0.15, -0.1) is 0 Å². The SMILES string of the molecule is CCCCCCCCCCCCCCCCCC(=O)NCC(CNC(=O)CCCCCCCCCCCCCCCCC)OC(=O)CCC(=O)NC(CCCCN)C(=O)NCCN(CC(=O)NCCN(CC(=O)NCC)C(=O)Cn1cnc2c(=O)[nH]c(N)nc21)C(=O)Cn1cnc2c(=O)[nH]c(N)nc21. The number of aromatic amines is 2. The first kappa shape index (κ1) is 87.9. The average Bonchev–Trinajstić information content (AvgIpc) is 1.65. The molecule has 31 heteroatoms. The number of nitrogens with zero attached hydrogens (tertiary/aromatic N) is 8. The zero-order valence-electron chi connectivity index (χ0n) is 62.7. The van der Waals surface area contributed by atoms with Crippen molar-refractivity contribution in [2.24, 2.45) is 5.73 Å². The Labute approximate surface area is 613 Å². The smallest absolute Gasteiger partial charge is 0.306 e. The van der Waals surface area contributed by atoms with E-state index >= 15 is 0 Å². The van der Waals surface area contributed by atoms with E-state index in [9.17, 15) is 52.7 Å². The van der Waals surface area contributed by atoms with Gasteiger partial charge in [-0.1, -0.05) is 194 Å². The number of hydrogen-bond donors (Lipinski definition) is 11. The van der Waals surface area contributed by atoms with Crippen molar-refractivity contribution >= 4 is 87.5 Å². The van der Waals surface area contributed by atoms with Crippen LogP contribution in [0.5, 0.6) is 0 Å². The predicted octanol–water partition coefficient (Wildman–Crippen LogP) is 6.50. The van der Waals surface area contributed by atoms with Crippen LogP contribution in [0.1, 0.15) is 258 Å². The molecule has 14 N–H and O–H groups in total. The van der Waals surface area contributed by atoms with E-state index in [-0.39, 0.29) is 111 Å². The predicted molar refractivity (Wildman–Crippen MR) is 402 cm³/mol. The van der Waals surface area contributed by atoms with Crippen LogP contribution in [0.15, 0.2) is 22.2 Å². The van der Waals surface area contributed by atoms with Gasteiger partial charge in [0.05, 0.1) is 45.3 Å². The van der Waals surface area contributed by atoms with Crippen LogP contribution in [0.25, 0.3) is 22.3 Å². The maximum absolute atomic E-state index is 14.2. The fourth-order valence-electron chi connectivity index (χ4n) is 12.3. The van der Waals surface area contributed by atoms with Crippen LogP contribution in [0.2, 0.25) is 0 Å². The van der Waals surface area contributed by atoms with Gasteiger partial charge < -0.3 is 72.8 Å². The van der Waals surface area contributed by atoms with Crippen LogP contribution in [0.3, 0.4) is 0 Å². The Bertz CT molecular complexity index is 3260. The Balaban J connectivity index is 1.33. The fourth-order valence-corrected chi connectivity index (χ4v) is 12.3. The molecule has 104 heavy (non-hydrogen) atoms. The highest BCUT2D eigenvalue weighted by Crippen LogP contribution is 2.17. The van der Waals surface area contributed by atoms with E-state index in [1.54, 1.807) is 6.92 Å². The summed E-state index contributed by atoms with van der Waals surface area (Å²) in [5, 5.41) is 16.5. The first-order chi connectivity index (χ1) is 50.3. The second-order valence-electron chi connectivity index (χ2n) is 27.2. The molecule has 4 rings (SSSR count). The summed E-state index contributed by atoms with van der Waals surface area (Å²) in [6.07, 6.45) is 38.7. The van der Waals surface area contributed by atoms with Crippen LogP contribution < -0.4 is 60.2 Å². The number of likely N-dealkylation sites (N-methyl/N-ethyl adjacent to an activating group) is 1. The van der Waals surface area contributed by atoms with Gasteiger partial charge in [-0.3, -0.25) is 62.7 Å². The number of H-pyrrole nitrogens is 2. The van der Waals surface area contributed by atoms with Crippen LogP contribution in [0, 0.1) is 0 Å². The molecule has 0 aliphatic heterocycles. The molecule has 0 spiro atoms. The molecule has 0 saturated heterocycles. The molecule has 4 heterocycles. The molecule has 1 atom stereocenters. The summed E-state index contributed by atoms with van der Waals surface area (Å²) in [6.45, 7) is 3.91. The summed E-state index contributed by atoms with van der Waals surface area (Å²) in [6, 6.07) is -1.12. The number of carbonyl (C=O) groups is 9. The number of nitrogens with two attached hydrogens (primary N) is 3. The number of rotatable bonds is 61. The maximum Gasteiger partial charge on any atom is 0.306 e. The first-order valence-corrected chi connectivity index (χ1v) is 38.9. The third-order valence-electron chi connectivity index (χ3n) is 18.3. The van der Waals surface area contributed by atoms with Crippen molar-refractivity contribution in [2.75, 3.05) is 76.9 Å². The van der Waals surface area contributed by atoms with Crippen molar-refractivity contribution in [3.63, 3.8) is 0 Å². The molecular formula is C73H125N19O12. The molecule has 0 aliphatic carbocycles. The number of nitrogen functional groups attached to an aromatic ring is 2. The molecule has 584 valence electrons. The molecule has 31 nitrogen and oxygen atoms in total. The molecular weight excluding hydrogens is 1330 g/mol. The number of ether oxygens (including phenoxy) is 1. The zero-order valence-corrected chi connectivity index (χ0v) is 62.7. The minimum Gasteiger partial charge on any atom is -0.459 e. The third-order valence-corrected chi connectivity index (χ3v) is 18.3. The number of aromatic nitrogens is 8. The molecule has 0 bridgehead atoms. The van der Waals surface area contributed by atoms with Gasteiger partial charge in [-0.25, -0.2) is 9.97 Å². The number of imidazole rings is 2. The average molecular weight is 1460 g/mol. The third kappa shape index (κ3) is 37.3. The summed E-state index contributed by atoms with van der Waals surface area (Å²) in [7, 11) is 0. The van der Waals surface area contributed by atoms with Gasteiger partial charge in [0, 0.05) is 52.0 Å². The number of esters is 1. The normalized spacial score (nSPS) is 11.6. The number of hydrogen-bond acceptors (Lipinski definition) is 19. The number of unbranched alkanes of at least 4 members (excludes halogenated alkanes) is 29. The maximum atomic E-state index is 14.2. The minimum atomic E-state index is -1.12. The molecule has 4 aromatic heterocycles. The van der Waals surface area contributed by atoms with Gasteiger partial charge in [-0.05, 0) is 45.6 Å². The lowest BCUT2D eigenvalue weighted by Crippen LogP contribution is -2.50. The molecule has 0 saturated carbocycles. The van der Waals surface area contributed by atoms with E-state index in [1.165, 1.54) is 168 Å². The molecule has 8 amide bonds. The second-order valence-corrected chi connectivity index (χ2v) is 27.2. The summed E-state index contributed by atoms with van der Waals surface area (Å²) in [4.78, 5) is 170. The Morgan fingerprint density at radius 2 is 0.865 bits per heavy atom. The van der Waals surface area contributed by atoms with Crippen molar-refractivity contribution in [1.82, 2.24) is 80.7 Å². The number of carbonyl (C=O) groups excluding carboxylic acids is 9. The van der Waals surface area contributed by atoms with Crippen LogP contribution in [-0.2, 0) is 61.0 Å². The number of nitrogens with one attached hydrogen (secondary N) is 8. The Kier molecular flexibility index (Phi) is 45.0. The van der Waals surface area contributed by atoms with Gasteiger partial charge in [0.1, 0.15) is 25.2 Å². The lowest BCUT2D eigenvalue weighted by atomic mass is 10.0. The molecule has 1 unspecified atom stereocenters. The molecule has 0 aromatic carbocycles. The highest BCUT2D eigenvalue weighted by atomic mass is 16.5. The van der Waals surface area contributed by atoms with Gasteiger partial charge in [-0.2, -0.15) is 9.97 Å². The lowest BCUT2D eigenvalue weighted by Gasteiger charge is -2.25. The van der Waals surface area contributed by atoms with Crippen LogP contribution >= 0.6 is 0 Å². The molecule has 0 radical (unpaired) electrons. The standard InChI is InChI=1S/C73H125N19O12/c1-4-7-9-11-13-15-17-19-21-23-25-27-29-31-33-38-57(93)80-47-55(48-81-58(94)39-34-32-30-28-26-24-22-20-18-16-14-12-10-8-5-2)104-64(100)41-40-59(95)84-56(37-35-36-42-74)69(101)79-44-46-90(63(99)52-92-54-83-66-68(92)86-73(76)88-71(66)103)50-61(97)78-43-45-89(49-60(96)77-6-3)62(98)51-91-53-82-65-67(91)85-72(75)87-70(65)102/h53-56H,4-52,74H2,1-3H3,(H,77,96)(H,78,97)(H,79,101)(H,80,93)(H,81,94)(H,84,95)(H3,75,85,87,102)(H3,76,86,88,103). The van der Waals surface area contributed by atoms with Gasteiger partial charge in [0.2, 0.25) is 59.2 Å². The van der Waals surface area contributed by atoms with Gasteiger partial charge >= 0.3 is 5.97 Å². The summed E-state index contributed by atoms with van der Waals surface area (Å²) in [5.74, 6) is -5.32. The van der Waals surface area contributed by atoms with E-state index in [4.69, 9.17) is 21.9 Å². The molecule has 0 aliphatic rings. The first-order valence-electron chi connectivity index (χ1n) is 38.9. The van der Waals surface area contributed by atoms with E-state index in [2.05, 4.69) is 75.7 Å². The quantitative estimate of drug-likeness (QED) is 0.0166. The van der Waals surface area contributed by atoms with Crippen LogP contribution in [-0.4, -0.2) is 180 Å². The van der Waals surface area contributed by atoms with Crippen molar-refractivity contribution in [3.05, 3.63) is 33.4 Å². The van der Waals surface area contributed by atoms with E-state index < -0.39 is 90.9 Å². The summed E-state index contributed by atoms with van der Waals surface area (Å²) in [5.41, 5.74) is 16.0. The van der Waals surface area contributed by atoms with Crippen molar-refractivity contribution in [1.29, 1.82) is 0 Å². The van der Waals surface area contributed by atoms with Crippen LogP contribution in [0.4, 0.5) is 11.9 Å².